The van der Waals surface area contributed by atoms with Crippen LogP contribution in [0.15, 0.2) is 73.1 Å². The van der Waals surface area contributed by atoms with Crippen LogP contribution >= 0.6 is 11.6 Å². The van der Waals surface area contributed by atoms with Gasteiger partial charge >= 0.3 is 0 Å². The van der Waals surface area contributed by atoms with E-state index in [1.165, 1.54) is 6.20 Å². The number of ether oxygens (including phenoxy) is 1. The number of H-pyrrole nitrogens is 1. The molecule has 4 rings (SSSR count). The molecule has 0 fully saturated rings. The number of anilines is 1. The maximum Gasteiger partial charge on any atom is 0.257 e. The van der Waals surface area contributed by atoms with E-state index in [9.17, 15) is 4.79 Å². The van der Waals surface area contributed by atoms with Crippen LogP contribution in [0, 0.1) is 0 Å². The summed E-state index contributed by atoms with van der Waals surface area (Å²) in [6.45, 7) is 2.40. The van der Waals surface area contributed by atoms with Crippen LogP contribution in [-0.4, -0.2) is 27.5 Å². The van der Waals surface area contributed by atoms with Gasteiger partial charge in [0.1, 0.15) is 5.82 Å². The molecule has 7 heteroatoms. The van der Waals surface area contributed by atoms with Gasteiger partial charge in [-0.2, -0.15) is 0 Å². The minimum absolute atomic E-state index is 0.275. The van der Waals surface area contributed by atoms with Crippen molar-refractivity contribution in [2.75, 3.05) is 11.9 Å². The first-order valence-corrected chi connectivity index (χ1v) is 9.82. The second kappa shape index (κ2) is 8.80. The standard InChI is InChI=1S/C23H19ClN4O2/c1-2-30-21-11-8-16(13-25-21)23(29)27-17-9-10-19(24)18(12-17)22-26-14-20(28-22)15-6-4-3-5-7-15/h3-14H,2H2,1H3,(H,26,28)(H,27,29). The highest BCUT2D eigenvalue weighted by Gasteiger charge is 2.12. The molecule has 150 valence electrons. The number of hydrogen-bond acceptors (Lipinski definition) is 4. The molecule has 0 aliphatic rings. The minimum atomic E-state index is -0.275. The van der Waals surface area contributed by atoms with E-state index in [-0.39, 0.29) is 5.91 Å². The number of rotatable bonds is 6. The van der Waals surface area contributed by atoms with Crippen LogP contribution in [0.5, 0.6) is 5.88 Å². The van der Waals surface area contributed by atoms with E-state index in [1.807, 2.05) is 37.3 Å². The Balaban J connectivity index is 1.55. The fraction of sp³-hybridized carbons (Fsp3) is 0.0870. The number of halogens is 1. The molecule has 0 unspecified atom stereocenters. The fourth-order valence-electron chi connectivity index (χ4n) is 2.96. The van der Waals surface area contributed by atoms with E-state index < -0.39 is 0 Å². The molecule has 2 aromatic heterocycles. The summed E-state index contributed by atoms with van der Waals surface area (Å²) in [6, 6.07) is 18.5. The summed E-state index contributed by atoms with van der Waals surface area (Å²) in [5, 5.41) is 3.40. The average Bonchev–Trinajstić information content (AvgIpc) is 3.26. The molecule has 0 spiro atoms. The number of imidazole rings is 1. The van der Waals surface area contributed by atoms with Gasteiger partial charge in [0, 0.05) is 23.5 Å². The van der Waals surface area contributed by atoms with Gasteiger partial charge in [-0.1, -0.05) is 41.9 Å². The minimum Gasteiger partial charge on any atom is -0.478 e. The quantitative estimate of drug-likeness (QED) is 0.436. The van der Waals surface area contributed by atoms with Gasteiger partial charge < -0.3 is 15.0 Å². The molecule has 0 bridgehead atoms. The molecule has 0 atom stereocenters. The van der Waals surface area contributed by atoms with Crippen molar-refractivity contribution in [3.63, 3.8) is 0 Å². The third kappa shape index (κ3) is 4.34. The highest BCUT2D eigenvalue weighted by molar-refractivity contribution is 6.33. The molecule has 2 aromatic carbocycles. The first kappa shape index (κ1) is 19.7. The lowest BCUT2D eigenvalue weighted by molar-refractivity contribution is 0.102. The summed E-state index contributed by atoms with van der Waals surface area (Å²) in [4.78, 5) is 24.4. The van der Waals surface area contributed by atoms with Gasteiger partial charge in [0.05, 0.1) is 29.1 Å². The van der Waals surface area contributed by atoms with E-state index in [0.717, 1.165) is 11.3 Å². The Kier molecular flexibility index (Phi) is 5.77. The van der Waals surface area contributed by atoms with Crippen LogP contribution < -0.4 is 10.1 Å². The van der Waals surface area contributed by atoms with E-state index in [2.05, 4.69) is 20.3 Å². The van der Waals surface area contributed by atoms with Crippen molar-refractivity contribution in [2.45, 2.75) is 6.92 Å². The summed E-state index contributed by atoms with van der Waals surface area (Å²) in [7, 11) is 0. The second-order valence-corrected chi connectivity index (χ2v) is 6.89. The van der Waals surface area contributed by atoms with E-state index in [1.54, 1.807) is 36.5 Å². The van der Waals surface area contributed by atoms with Crippen LogP contribution in [0.25, 0.3) is 22.6 Å². The lowest BCUT2D eigenvalue weighted by Gasteiger charge is -2.09. The Morgan fingerprint density at radius 3 is 2.63 bits per heavy atom. The zero-order valence-electron chi connectivity index (χ0n) is 16.2. The number of aromatic amines is 1. The van der Waals surface area contributed by atoms with E-state index in [4.69, 9.17) is 16.3 Å². The summed E-state index contributed by atoms with van der Waals surface area (Å²) in [6.07, 6.45) is 3.24. The van der Waals surface area contributed by atoms with Crippen LogP contribution in [0.2, 0.25) is 5.02 Å². The lowest BCUT2D eigenvalue weighted by Crippen LogP contribution is -2.12. The molecular formula is C23H19ClN4O2. The van der Waals surface area contributed by atoms with Crippen LogP contribution in [0.3, 0.4) is 0 Å². The van der Waals surface area contributed by atoms with Crippen LogP contribution in [0.4, 0.5) is 5.69 Å². The zero-order chi connectivity index (χ0) is 20.9. The van der Waals surface area contributed by atoms with Gasteiger partial charge in [0.15, 0.2) is 0 Å². The summed E-state index contributed by atoms with van der Waals surface area (Å²) in [5.41, 5.74) is 3.64. The number of carbonyl (C=O) groups is 1. The highest BCUT2D eigenvalue weighted by atomic mass is 35.5. The molecule has 2 N–H and O–H groups in total. The van der Waals surface area contributed by atoms with Crippen molar-refractivity contribution in [2.24, 2.45) is 0 Å². The number of amides is 1. The van der Waals surface area contributed by atoms with Gasteiger partial charge in [0.2, 0.25) is 5.88 Å². The largest absolute Gasteiger partial charge is 0.478 e. The van der Waals surface area contributed by atoms with Crippen molar-refractivity contribution in [1.82, 2.24) is 15.0 Å². The number of pyridine rings is 1. The fourth-order valence-corrected chi connectivity index (χ4v) is 3.17. The summed E-state index contributed by atoms with van der Waals surface area (Å²) in [5.74, 6) is 0.829. The van der Waals surface area contributed by atoms with Gasteiger partial charge in [-0.05, 0) is 36.8 Å². The van der Waals surface area contributed by atoms with E-state index >= 15 is 0 Å². The molecule has 30 heavy (non-hydrogen) atoms. The molecular weight excluding hydrogens is 400 g/mol. The Bertz CT molecular complexity index is 1160. The number of aromatic nitrogens is 3. The Morgan fingerprint density at radius 1 is 1.07 bits per heavy atom. The van der Waals surface area contributed by atoms with Crippen LogP contribution in [-0.2, 0) is 0 Å². The normalized spacial score (nSPS) is 10.6. The third-order valence-electron chi connectivity index (χ3n) is 4.43. The summed E-state index contributed by atoms with van der Waals surface area (Å²) >= 11 is 6.39. The first-order chi connectivity index (χ1) is 14.6. The molecule has 1 amide bonds. The number of hydrogen-bond donors (Lipinski definition) is 2. The maximum atomic E-state index is 12.6. The predicted octanol–water partition coefficient (Wildman–Crippen LogP) is 5.44. The molecule has 4 aromatic rings. The molecule has 0 aliphatic heterocycles. The number of benzene rings is 2. The van der Waals surface area contributed by atoms with Gasteiger partial charge in [-0.25, -0.2) is 9.97 Å². The van der Waals surface area contributed by atoms with Crippen molar-refractivity contribution in [3.8, 4) is 28.5 Å². The molecule has 0 saturated carbocycles. The maximum absolute atomic E-state index is 12.6. The SMILES string of the molecule is CCOc1ccc(C(=O)Nc2ccc(Cl)c(-c3ncc(-c4ccccc4)[nH]3)c2)cn1. The number of nitrogens with one attached hydrogen (secondary N) is 2. The monoisotopic (exact) mass is 418 g/mol. The Labute approximate surface area is 178 Å². The molecule has 6 nitrogen and oxygen atoms in total. The Hall–Kier alpha value is -3.64. The van der Waals surface area contributed by atoms with E-state index in [0.29, 0.717) is 40.1 Å². The van der Waals surface area contributed by atoms with Crippen molar-refractivity contribution < 1.29 is 9.53 Å². The Morgan fingerprint density at radius 2 is 1.90 bits per heavy atom. The predicted molar refractivity (Wildman–Crippen MR) is 118 cm³/mol. The van der Waals surface area contributed by atoms with Crippen molar-refractivity contribution in [3.05, 3.63) is 83.6 Å². The smallest absolute Gasteiger partial charge is 0.257 e. The zero-order valence-corrected chi connectivity index (χ0v) is 17.0. The average molecular weight is 419 g/mol. The first-order valence-electron chi connectivity index (χ1n) is 9.44. The third-order valence-corrected chi connectivity index (χ3v) is 4.76. The topological polar surface area (TPSA) is 79.9 Å². The lowest BCUT2D eigenvalue weighted by atomic mass is 10.1. The second-order valence-electron chi connectivity index (χ2n) is 6.48. The number of nitrogens with zero attached hydrogens (tertiary/aromatic N) is 2. The van der Waals surface area contributed by atoms with Gasteiger partial charge in [-0.3, -0.25) is 4.79 Å². The molecule has 0 radical (unpaired) electrons. The molecule has 0 aliphatic carbocycles. The highest BCUT2D eigenvalue weighted by Crippen LogP contribution is 2.30. The number of carbonyl (C=O) groups excluding carboxylic acids is 1. The van der Waals surface area contributed by atoms with Crippen molar-refractivity contribution >= 4 is 23.2 Å². The van der Waals surface area contributed by atoms with Crippen molar-refractivity contribution in [1.29, 1.82) is 0 Å². The molecule has 0 saturated heterocycles. The summed E-state index contributed by atoms with van der Waals surface area (Å²) < 4.78 is 5.30. The van der Waals surface area contributed by atoms with Gasteiger partial charge in [0.25, 0.3) is 5.91 Å². The van der Waals surface area contributed by atoms with Gasteiger partial charge in [-0.15, -0.1) is 0 Å². The van der Waals surface area contributed by atoms with Crippen LogP contribution in [0.1, 0.15) is 17.3 Å². The molecule has 2 heterocycles.